The van der Waals surface area contributed by atoms with Crippen LogP contribution >= 0.6 is 0 Å². The van der Waals surface area contributed by atoms with E-state index in [0.29, 0.717) is 29.8 Å². The predicted octanol–water partition coefficient (Wildman–Crippen LogP) is 4.23. The number of nitrogens with two attached hydrogens (primary N) is 2. The molecule has 1 saturated carbocycles. The lowest BCUT2D eigenvalue weighted by Gasteiger charge is -2.29. The minimum atomic E-state index is 0.181. The molecule has 4 rings (SSSR count). The summed E-state index contributed by atoms with van der Waals surface area (Å²) in [6, 6.07) is 14.0. The first-order chi connectivity index (χ1) is 14.1. The van der Waals surface area contributed by atoms with E-state index in [9.17, 15) is 0 Å². The Morgan fingerprint density at radius 3 is 2.41 bits per heavy atom. The van der Waals surface area contributed by atoms with Gasteiger partial charge in [0.1, 0.15) is 17.3 Å². The topological polar surface area (TPSA) is 96.3 Å². The molecule has 0 saturated heterocycles. The maximum atomic E-state index is 6.15. The van der Waals surface area contributed by atoms with E-state index in [0.717, 1.165) is 23.3 Å². The van der Waals surface area contributed by atoms with E-state index >= 15 is 0 Å². The highest BCUT2D eigenvalue weighted by Crippen LogP contribution is 2.35. The summed E-state index contributed by atoms with van der Waals surface area (Å²) in [5.74, 6) is 3.52. The van der Waals surface area contributed by atoms with Gasteiger partial charge in [-0.25, -0.2) is 4.98 Å². The largest absolute Gasteiger partial charge is 0.496 e. The summed E-state index contributed by atoms with van der Waals surface area (Å²) >= 11 is 0. The van der Waals surface area contributed by atoms with Crippen molar-refractivity contribution in [2.24, 2.45) is 11.8 Å². The van der Waals surface area contributed by atoms with Gasteiger partial charge in [-0.05, 0) is 67.7 Å². The number of anilines is 2. The highest BCUT2D eigenvalue weighted by Gasteiger charge is 2.23. The lowest BCUT2D eigenvalue weighted by atomic mass is 9.79. The summed E-state index contributed by atoms with van der Waals surface area (Å²) in [7, 11) is 1.74. The average Bonchev–Trinajstić information content (AvgIpc) is 2.73. The highest BCUT2D eigenvalue weighted by molar-refractivity contribution is 5.94. The van der Waals surface area contributed by atoms with Crippen LogP contribution in [0, 0.1) is 11.8 Å². The van der Waals surface area contributed by atoms with Crippen molar-refractivity contribution in [2.75, 3.05) is 25.2 Å². The van der Waals surface area contributed by atoms with Crippen molar-refractivity contribution in [3.05, 3.63) is 48.0 Å². The van der Waals surface area contributed by atoms with Gasteiger partial charge in [0.05, 0.1) is 24.6 Å². The van der Waals surface area contributed by atoms with Crippen molar-refractivity contribution in [2.45, 2.75) is 32.1 Å². The summed E-state index contributed by atoms with van der Waals surface area (Å²) in [4.78, 5) is 8.33. The number of methoxy groups -OCH3 is 1. The molecule has 0 bridgehead atoms. The molecule has 152 valence electrons. The van der Waals surface area contributed by atoms with Crippen LogP contribution in [0.25, 0.3) is 10.9 Å². The molecule has 6 nitrogen and oxygen atoms in total. The number of aromatic nitrogens is 2. The van der Waals surface area contributed by atoms with Crippen LogP contribution in [-0.4, -0.2) is 23.7 Å². The van der Waals surface area contributed by atoms with Gasteiger partial charge in [0.25, 0.3) is 0 Å². The zero-order valence-electron chi connectivity index (χ0n) is 16.8. The molecule has 0 atom stereocenters. The molecule has 29 heavy (non-hydrogen) atoms. The van der Waals surface area contributed by atoms with Crippen molar-refractivity contribution in [3.63, 3.8) is 0 Å². The van der Waals surface area contributed by atoms with Gasteiger partial charge in [0.2, 0.25) is 5.95 Å². The van der Waals surface area contributed by atoms with Gasteiger partial charge >= 0.3 is 0 Å². The van der Waals surface area contributed by atoms with E-state index in [-0.39, 0.29) is 5.95 Å². The molecule has 4 N–H and O–H groups in total. The third-order valence-corrected chi connectivity index (χ3v) is 5.87. The normalized spacial score (nSPS) is 19.2. The average molecular weight is 393 g/mol. The second kappa shape index (κ2) is 8.55. The zero-order valence-corrected chi connectivity index (χ0v) is 16.8. The second-order valence-electron chi connectivity index (χ2n) is 7.83. The van der Waals surface area contributed by atoms with E-state index in [2.05, 4.69) is 22.1 Å². The third-order valence-electron chi connectivity index (χ3n) is 5.87. The first-order valence-corrected chi connectivity index (χ1v) is 10.2. The monoisotopic (exact) mass is 392 g/mol. The quantitative estimate of drug-likeness (QED) is 0.652. The van der Waals surface area contributed by atoms with Crippen LogP contribution in [-0.2, 0) is 6.42 Å². The molecular weight excluding hydrogens is 364 g/mol. The third kappa shape index (κ3) is 4.36. The Hall–Kier alpha value is -3.02. The standard InChI is InChI=1S/C23H28N4O2/c1-28-19-7-3-2-5-17(19)13-15-9-11-16(12-10-15)14-29-20-8-4-6-18-21(20)22(24)27-23(25)26-18/h2-8,15-16H,9-14H2,1H3,(H4,24,25,26,27). The first kappa shape index (κ1) is 19.3. The summed E-state index contributed by atoms with van der Waals surface area (Å²) in [6.45, 7) is 0.685. The Morgan fingerprint density at radius 2 is 1.62 bits per heavy atom. The van der Waals surface area contributed by atoms with Crippen LogP contribution in [0.2, 0.25) is 0 Å². The van der Waals surface area contributed by atoms with E-state index < -0.39 is 0 Å². The molecule has 1 aromatic heterocycles. The van der Waals surface area contributed by atoms with Crippen LogP contribution in [0.3, 0.4) is 0 Å². The molecule has 0 amide bonds. The van der Waals surface area contributed by atoms with Crippen molar-refractivity contribution in [1.29, 1.82) is 0 Å². The molecule has 1 fully saturated rings. The number of fused-ring (bicyclic) bond motifs is 1. The number of nitrogens with zero attached hydrogens (tertiary/aromatic N) is 2. The first-order valence-electron chi connectivity index (χ1n) is 10.2. The summed E-state index contributed by atoms with van der Waals surface area (Å²) in [5, 5.41) is 0.742. The number of nitrogen functional groups attached to an aromatic ring is 2. The Balaban J connectivity index is 1.34. The Kier molecular flexibility index (Phi) is 5.69. The second-order valence-corrected chi connectivity index (χ2v) is 7.83. The van der Waals surface area contributed by atoms with Gasteiger partial charge < -0.3 is 20.9 Å². The number of hydrogen-bond acceptors (Lipinski definition) is 6. The van der Waals surface area contributed by atoms with Crippen molar-refractivity contribution in [3.8, 4) is 11.5 Å². The Morgan fingerprint density at radius 1 is 0.897 bits per heavy atom. The van der Waals surface area contributed by atoms with E-state index in [1.165, 1.54) is 31.2 Å². The Bertz CT molecular complexity index is 984. The van der Waals surface area contributed by atoms with Crippen LogP contribution in [0.1, 0.15) is 31.2 Å². The van der Waals surface area contributed by atoms with Crippen LogP contribution in [0.15, 0.2) is 42.5 Å². The molecule has 1 aliphatic rings. The van der Waals surface area contributed by atoms with Crippen molar-refractivity contribution in [1.82, 2.24) is 9.97 Å². The molecule has 0 aliphatic heterocycles. The van der Waals surface area contributed by atoms with Gasteiger partial charge in [-0.3, -0.25) is 0 Å². The molecular formula is C23H28N4O2. The molecule has 1 heterocycles. The van der Waals surface area contributed by atoms with Crippen LogP contribution < -0.4 is 20.9 Å². The fourth-order valence-corrected chi connectivity index (χ4v) is 4.31. The van der Waals surface area contributed by atoms with Crippen molar-refractivity contribution >= 4 is 22.7 Å². The van der Waals surface area contributed by atoms with Crippen molar-refractivity contribution < 1.29 is 9.47 Å². The molecule has 0 radical (unpaired) electrons. The van der Waals surface area contributed by atoms with E-state index in [1.54, 1.807) is 7.11 Å². The van der Waals surface area contributed by atoms with E-state index in [1.807, 2.05) is 30.3 Å². The van der Waals surface area contributed by atoms with Gasteiger partial charge in [0.15, 0.2) is 0 Å². The number of rotatable bonds is 6. The molecule has 3 aromatic rings. The lowest BCUT2D eigenvalue weighted by Crippen LogP contribution is -2.21. The summed E-state index contributed by atoms with van der Waals surface area (Å²) in [6.07, 6.45) is 5.84. The summed E-state index contributed by atoms with van der Waals surface area (Å²) < 4.78 is 11.6. The predicted molar refractivity (Wildman–Crippen MR) is 116 cm³/mol. The molecule has 1 aliphatic carbocycles. The fourth-order valence-electron chi connectivity index (χ4n) is 4.31. The smallest absolute Gasteiger partial charge is 0.222 e. The zero-order chi connectivity index (χ0) is 20.2. The van der Waals surface area contributed by atoms with Gasteiger partial charge in [0, 0.05) is 0 Å². The maximum absolute atomic E-state index is 6.15. The highest BCUT2D eigenvalue weighted by atomic mass is 16.5. The molecule has 6 heteroatoms. The lowest BCUT2D eigenvalue weighted by molar-refractivity contribution is 0.183. The maximum Gasteiger partial charge on any atom is 0.222 e. The number of benzene rings is 2. The molecule has 2 aromatic carbocycles. The van der Waals surface area contributed by atoms with Gasteiger partial charge in [-0.2, -0.15) is 4.98 Å². The minimum absolute atomic E-state index is 0.181. The molecule has 0 unspecified atom stereocenters. The van der Waals surface area contributed by atoms with Crippen LogP contribution in [0.4, 0.5) is 11.8 Å². The van der Waals surface area contributed by atoms with Crippen LogP contribution in [0.5, 0.6) is 11.5 Å². The summed E-state index contributed by atoms with van der Waals surface area (Å²) in [5.41, 5.74) is 13.8. The number of hydrogen-bond donors (Lipinski definition) is 2. The van der Waals surface area contributed by atoms with Gasteiger partial charge in [-0.15, -0.1) is 0 Å². The Labute approximate surface area is 171 Å². The number of para-hydroxylation sites is 1. The number of ether oxygens (including phenoxy) is 2. The SMILES string of the molecule is COc1ccccc1CC1CCC(COc2cccc3nc(N)nc(N)c23)CC1. The van der Waals surface area contributed by atoms with Gasteiger partial charge in [-0.1, -0.05) is 24.3 Å². The fraction of sp³-hybridized carbons (Fsp3) is 0.391. The van der Waals surface area contributed by atoms with E-state index in [4.69, 9.17) is 20.9 Å². The minimum Gasteiger partial charge on any atom is -0.496 e. The molecule has 0 spiro atoms.